The fourth-order valence-electron chi connectivity index (χ4n) is 7.80. The minimum absolute atomic E-state index is 0.297. The highest BCUT2D eigenvalue weighted by Gasteiger charge is 2.30. The number of rotatable bonds is 14. The Hall–Kier alpha value is -6.04. The SMILES string of the molecule is COC(=O)[C@H](Cc1ccc(CCc2ccc3c(c2)CN2CN3Cc3cc(CCc4ccc(C[C@H](NC(=O)OC(C)(C)C)C(=O)OC)cc4)ccc32)cc1)NC(=O)OC(C)(C)C. The lowest BCUT2D eigenvalue weighted by Crippen LogP contribution is -2.46. The van der Waals surface area contributed by atoms with E-state index in [1.807, 2.05) is 24.3 Å². The lowest BCUT2D eigenvalue weighted by molar-refractivity contribution is -0.143. The summed E-state index contributed by atoms with van der Waals surface area (Å²) in [5.41, 5.74) is 10.7. The largest absolute Gasteiger partial charge is 0.467 e. The number of carbonyl (C=O) groups excluding carboxylic acids is 4. The minimum atomic E-state index is -0.849. The number of nitrogens with one attached hydrogen (secondary N) is 2. The van der Waals surface area contributed by atoms with Crippen molar-refractivity contribution >= 4 is 35.5 Å². The predicted octanol–water partition coefficient (Wildman–Crippen LogP) is 7.77. The van der Waals surface area contributed by atoms with Crippen LogP contribution in [0.2, 0.25) is 0 Å². The molecule has 2 bridgehead atoms. The van der Waals surface area contributed by atoms with Gasteiger partial charge in [0.2, 0.25) is 0 Å². The maximum Gasteiger partial charge on any atom is 0.408 e. The molecule has 2 N–H and O–H groups in total. The molecule has 12 heteroatoms. The highest BCUT2D eigenvalue weighted by Crippen LogP contribution is 2.39. The van der Waals surface area contributed by atoms with Crippen LogP contribution in [0, 0.1) is 0 Å². The topological polar surface area (TPSA) is 136 Å². The van der Waals surface area contributed by atoms with Crippen LogP contribution in [0.15, 0.2) is 84.9 Å². The summed E-state index contributed by atoms with van der Waals surface area (Å²) in [6.45, 7) is 13.2. The highest BCUT2D eigenvalue weighted by atomic mass is 16.6. The first-order chi connectivity index (χ1) is 28.9. The van der Waals surface area contributed by atoms with Crippen molar-refractivity contribution < 1.29 is 38.1 Å². The van der Waals surface area contributed by atoms with E-state index in [4.69, 9.17) is 18.9 Å². The summed E-state index contributed by atoms with van der Waals surface area (Å²) in [6.07, 6.45) is 2.84. The molecular weight excluding hydrogens is 773 g/mol. The van der Waals surface area contributed by atoms with Gasteiger partial charge in [-0.25, -0.2) is 19.2 Å². The van der Waals surface area contributed by atoms with Crippen LogP contribution in [0.25, 0.3) is 0 Å². The van der Waals surface area contributed by atoms with E-state index in [9.17, 15) is 19.2 Å². The number of carbonyl (C=O) groups is 4. The van der Waals surface area contributed by atoms with E-state index in [0.717, 1.165) is 56.6 Å². The first-order valence-electron chi connectivity index (χ1n) is 21.0. The van der Waals surface area contributed by atoms with E-state index in [2.05, 4.69) is 81.1 Å². The van der Waals surface area contributed by atoms with Crippen LogP contribution in [0.5, 0.6) is 0 Å². The third-order valence-electron chi connectivity index (χ3n) is 10.7. The van der Waals surface area contributed by atoms with Crippen molar-refractivity contribution in [1.29, 1.82) is 0 Å². The van der Waals surface area contributed by atoms with Crippen molar-refractivity contribution in [3.05, 3.63) is 129 Å². The van der Waals surface area contributed by atoms with Gasteiger partial charge < -0.3 is 39.4 Å². The van der Waals surface area contributed by atoms with Gasteiger partial charge in [-0.1, -0.05) is 72.8 Å². The van der Waals surface area contributed by atoms with Gasteiger partial charge in [0, 0.05) is 37.3 Å². The first-order valence-corrected chi connectivity index (χ1v) is 21.0. The molecule has 0 saturated heterocycles. The summed E-state index contributed by atoms with van der Waals surface area (Å²) in [4.78, 5) is 54.5. The number of ether oxygens (including phenoxy) is 4. The summed E-state index contributed by atoms with van der Waals surface area (Å²) in [6, 6.07) is 28.4. The van der Waals surface area contributed by atoms with Gasteiger partial charge in [0.1, 0.15) is 23.3 Å². The average molecular weight is 833 g/mol. The molecule has 0 radical (unpaired) electrons. The summed E-state index contributed by atoms with van der Waals surface area (Å²) >= 11 is 0. The van der Waals surface area contributed by atoms with Crippen LogP contribution >= 0.6 is 0 Å². The predicted molar refractivity (Wildman–Crippen MR) is 236 cm³/mol. The van der Waals surface area contributed by atoms with E-state index < -0.39 is 47.4 Å². The van der Waals surface area contributed by atoms with Crippen molar-refractivity contribution in [2.24, 2.45) is 0 Å². The van der Waals surface area contributed by atoms with Gasteiger partial charge in [0.25, 0.3) is 0 Å². The van der Waals surface area contributed by atoms with Crippen molar-refractivity contribution in [1.82, 2.24) is 10.6 Å². The van der Waals surface area contributed by atoms with Crippen LogP contribution in [-0.4, -0.2) is 68.3 Å². The van der Waals surface area contributed by atoms with Crippen molar-refractivity contribution in [2.75, 3.05) is 30.7 Å². The van der Waals surface area contributed by atoms with Crippen LogP contribution in [0.4, 0.5) is 21.0 Å². The molecule has 2 aliphatic heterocycles. The standard InChI is InChI=1S/C49H60N4O8/c1-48(2,3)60-46(56)50-40(44(54)58-7)27-36-17-11-32(12-18-36)9-15-34-21-23-42-38(25-34)29-52-31-53(42)30-39-26-35(22-24-43(39)52)16-10-33-13-19-37(20-14-33)28-41(45(55)59-8)51-47(57)61-49(4,5)6/h11-14,17-26,40-41H,9-10,15-16,27-31H2,1-8H3,(H,50,56)(H,51,57)/t40-,41-/m0/s1. The van der Waals surface area contributed by atoms with Crippen LogP contribution in [-0.2, 0) is 80.2 Å². The van der Waals surface area contributed by atoms with E-state index in [1.54, 1.807) is 41.5 Å². The lowest BCUT2D eigenvalue weighted by atomic mass is 9.95. The fraction of sp³-hybridized carbons (Fsp3) is 0.429. The summed E-state index contributed by atoms with van der Waals surface area (Å²) in [5.74, 6) is -1.04. The Morgan fingerprint density at radius 1 is 0.525 bits per heavy atom. The normalized spacial score (nSPS) is 14.2. The maximum atomic E-state index is 12.4. The van der Waals surface area contributed by atoms with Gasteiger partial charge in [-0.15, -0.1) is 0 Å². The lowest BCUT2D eigenvalue weighted by Gasteiger charge is -2.45. The van der Waals surface area contributed by atoms with E-state index in [1.165, 1.54) is 59.0 Å². The smallest absolute Gasteiger partial charge is 0.408 e. The minimum Gasteiger partial charge on any atom is -0.467 e. The fourth-order valence-corrected chi connectivity index (χ4v) is 7.80. The van der Waals surface area contributed by atoms with E-state index in [0.29, 0.717) is 12.8 Å². The number of nitrogens with zero attached hydrogens (tertiary/aromatic N) is 2. The summed E-state index contributed by atoms with van der Waals surface area (Å²) in [5, 5.41) is 5.29. The molecule has 2 aliphatic rings. The Morgan fingerprint density at radius 3 is 1.20 bits per heavy atom. The van der Waals surface area contributed by atoms with Gasteiger partial charge in [0.15, 0.2) is 0 Å². The third-order valence-corrected chi connectivity index (χ3v) is 10.7. The highest BCUT2D eigenvalue weighted by molar-refractivity contribution is 5.82. The second-order valence-electron chi connectivity index (χ2n) is 17.9. The zero-order valence-corrected chi connectivity index (χ0v) is 36.8. The molecule has 0 saturated carbocycles. The van der Waals surface area contributed by atoms with Gasteiger partial charge in [-0.3, -0.25) is 0 Å². The van der Waals surface area contributed by atoms with Crippen molar-refractivity contribution in [3.8, 4) is 0 Å². The molecule has 2 atom stereocenters. The zero-order chi connectivity index (χ0) is 43.9. The number of hydrogen-bond donors (Lipinski definition) is 2. The molecule has 61 heavy (non-hydrogen) atoms. The Morgan fingerprint density at radius 2 is 0.852 bits per heavy atom. The molecule has 4 aromatic carbocycles. The van der Waals surface area contributed by atoms with Crippen LogP contribution < -0.4 is 20.4 Å². The second-order valence-corrected chi connectivity index (χ2v) is 17.9. The van der Waals surface area contributed by atoms with Crippen LogP contribution in [0.3, 0.4) is 0 Å². The average Bonchev–Trinajstić information content (AvgIpc) is 3.20. The third kappa shape index (κ3) is 12.5. The second kappa shape index (κ2) is 19.1. The summed E-state index contributed by atoms with van der Waals surface area (Å²) < 4.78 is 20.5. The molecule has 0 aromatic heterocycles. The zero-order valence-electron chi connectivity index (χ0n) is 36.8. The van der Waals surface area contributed by atoms with Gasteiger partial charge in [0.05, 0.1) is 20.9 Å². The number of benzene rings is 4. The quantitative estimate of drug-likeness (QED) is 0.0959. The number of fused-ring (bicyclic) bond motifs is 6. The first kappa shape index (κ1) is 44.5. The number of alkyl carbamates (subject to hydrolysis) is 2. The molecule has 0 spiro atoms. The van der Waals surface area contributed by atoms with Gasteiger partial charge >= 0.3 is 24.1 Å². The number of hydrogen-bond acceptors (Lipinski definition) is 10. The van der Waals surface area contributed by atoms with Gasteiger partial charge in [-0.2, -0.15) is 0 Å². The molecule has 324 valence electrons. The van der Waals surface area contributed by atoms with Crippen molar-refractivity contribution in [2.45, 2.75) is 116 Å². The molecule has 12 nitrogen and oxygen atoms in total. The molecular formula is C49H60N4O8. The molecule has 0 aliphatic carbocycles. The Labute approximate surface area is 359 Å². The number of methoxy groups -OCH3 is 2. The Bertz CT molecular complexity index is 2040. The molecule has 4 aromatic rings. The monoisotopic (exact) mass is 832 g/mol. The van der Waals surface area contributed by atoms with E-state index in [-0.39, 0.29) is 0 Å². The number of anilines is 2. The van der Waals surface area contributed by atoms with Crippen molar-refractivity contribution in [3.63, 3.8) is 0 Å². The molecule has 2 heterocycles. The number of aryl methyl sites for hydroxylation is 4. The molecule has 0 unspecified atom stereocenters. The molecule has 0 fully saturated rings. The molecule has 2 amide bonds. The number of esters is 2. The summed E-state index contributed by atoms with van der Waals surface area (Å²) in [7, 11) is 2.62. The Kier molecular flexibility index (Phi) is 14.0. The maximum absolute atomic E-state index is 12.4. The Balaban J connectivity index is 1.01. The van der Waals surface area contributed by atoms with Crippen LogP contribution in [0.1, 0.15) is 86.1 Å². The van der Waals surface area contributed by atoms with E-state index >= 15 is 0 Å². The van der Waals surface area contributed by atoms with Gasteiger partial charge in [-0.05, 0) is 124 Å². The number of amides is 2. The molecule has 6 rings (SSSR count).